The standard InChI is InChI=1S/C18H27BrClNO3/c1-5-9-18(12-22,21-16(23)24-17(2,3)4)10-8-13-6-7-14(19)11-15(13)20/h6-7,11,22H,5,8-10,12H2,1-4H3,(H,21,23)/t18-/m1/s1. The summed E-state index contributed by atoms with van der Waals surface area (Å²) >= 11 is 9.65. The van der Waals surface area contributed by atoms with Crippen LogP contribution in [0.3, 0.4) is 0 Å². The zero-order chi connectivity index (χ0) is 18.4. The molecule has 24 heavy (non-hydrogen) atoms. The first kappa shape index (κ1) is 21.3. The lowest BCUT2D eigenvalue weighted by molar-refractivity contribution is 0.0373. The zero-order valence-electron chi connectivity index (χ0n) is 14.8. The van der Waals surface area contributed by atoms with Crippen molar-refractivity contribution < 1.29 is 14.6 Å². The molecular weight excluding hydrogens is 394 g/mol. The number of nitrogens with one attached hydrogen (secondary N) is 1. The van der Waals surface area contributed by atoms with E-state index in [2.05, 4.69) is 21.2 Å². The molecule has 0 aromatic heterocycles. The molecular formula is C18H27BrClNO3. The number of rotatable bonds is 7. The van der Waals surface area contributed by atoms with E-state index in [0.717, 1.165) is 16.5 Å². The number of aliphatic hydroxyl groups excluding tert-OH is 1. The molecule has 0 saturated carbocycles. The van der Waals surface area contributed by atoms with E-state index in [-0.39, 0.29) is 6.61 Å². The number of aliphatic hydroxyl groups is 1. The summed E-state index contributed by atoms with van der Waals surface area (Å²) in [5, 5.41) is 13.5. The Morgan fingerprint density at radius 3 is 2.50 bits per heavy atom. The largest absolute Gasteiger partial charge is 0.444 e. The Morgan fingerprint density at radius 1 is 1.33 bits per heavy atom. The van der Waals surface area contributed by atoms with Gasteiger partial charge in [0.15, 0.2) is 0 Å². The molecule has 0 bridgehead atoms. The van der Waals surface area contributed by atoms with Gasteiger partial charge in [0.1, 0.15) is 5.60 Å². The molecule has 0 aliphatic rings. The Bertz CT molecular complexity index is 560. The SMILES string of the molecule is CCC[C@](CO)(CCc1ccc(Br)cc1Cl)NC(=O)OC(C)(C)C. The van der Waals surface area contributed by atoms with E-state index in [4.69, 9.17) is 16.3 Å². The number of carbonyl (C=O) groups excluding carboxylic acids is 1. The van der Waals surface area contributed by atoms with Gasteiger partial charge in [-0.05, 0) is 57.7 Å². The third kappa shape index (κ3) is 6.99. The number of hydrogen-bond donors (Lipinski definition) is 2. The molecule has 6 heteroatoms. The van der Waals surface area contributed by atoms with Gasteiger partial charge < -0.3 is 15.2 Å². The quantitative estimate of drug-likeness (QED) is 0.646. The Kier molecular flexibility index (Phi) is 8.03. The van der Waals surface area contributed by atoms with Crippen LogP contribution in [-0.4, -0.2) is 28.9 Å². The van der Waals surface area contributed by atoms with Crippen molar-refractivity contribution >= 4 is 33.6 Å². The molecule has 2 N–H and O–H groups in total. The van der Waals surface area contributed by atoms with Crippen LogP contribution in [0.5, 0.6) is 0 Å². The number of benzene rings is 1. The Labute approximate surface area is 158 Å². The second kappa shape index (κ2) is 9.07. The highest BCUT2D eigenvalue weighted by molar-refractivity contribution is 9.10. The van der Waals surface area contributed by atoms with Crippen LogP contribution in [0.1, 0.15) is 52.5 Å². The van der Waals surface area contributed by atoms with Crippen LogP contribution in [0.2, 0.25) is 5.02 Å². The monoisotopic (exact) mass is 419 g/mol. The highest BCUT2D eigenvalue weighted by Crippen LogP contribution is 2.26. The van der Waals surface area contributed by atoms with Gasteiger partial charge in [-0.15, -0.1) is 0 Å². The number of alkyl carbamates (subject to hydrolysis) is 1. The maximum atomic E-state index is 12.2. The second-order valence-corrected chi connectivity index (χ2v) is 8.37. The third-order valence-corrected chi connectivity index (χ3v) is 4.53. The summed E-state index contributed by atoms with van der Waals surface area (Å²) in [6.45, 7) is 7.32. The summed E-state index contributed by atoms with van der Waals surface area (Å²) in [4.78, 5) is 12.2. The van der Waals surface area contributed by atoms with E-state index in [1.165, 1.54) is 0 Å². The second-order valence-electron chi connectivity index (χ2n) is 7.05. The highest BCUT2D eigenvalue weighted by atomic mass is 79.9. The van der Waals surface area contributed by atoms with Gasteiger partial charge in [0, 0.05) is 9.50 Å². The first-order valence-electron chi connectivity index (χ1n) is 8.17. The Balaban J connectivity index is 2.85. The summed E-state index contributed by atoms with van der Waals surface area (Å²) in [7, 11) is 0. The minimum absolute atomic E-state index is 0.145. The minimum atomic E-state index is -0.715. The predicted octanol–water partition coefficient (Wildman–Crippen LogP) is 5.09. The van der Waals surface area contributed by atoms with Crippen LogP contribution in [0.25, 0.3) is 0 Å². The summed E-state index contributed by atoms with van der Waals surface area (Å²) in [5.74, 6) is 0. The minimum Gasteiger partial charge on any atom is -0.444 e. The van der Waals surface area contributed by atoms with E-state index in [1.54, 1.807) is 0 Å². The van der Waals surface area contributed by atoms with Gasteiger partial charge in [-0.2, -0.15) is 0 Å². The van der Waals surface area contributed by atoms with Crippen molar-refractivity contribution in [2.24, 2.45) is 0 Å². The zero-order valence-corrected chi connectivity index (χ0v) is 17.1. The van der Waals surface area contributed by atoms with Gasteiger partial charge in [0.25, 0.3) is 0 Å². The fraction of sp³-hybridized carbons (Fsp3) is 0.611. The lowest BCUT2D eigenvalue weighted by Crippen LogP contribution is -2.53. The van der Waals surface area contributed by atoms with Gasteiger partial charge in [0.2, 0.25) is 0 Å². The molecule has 136 valence electrons. The van der Waals surface area contributed by atoms with Crippen molar-refractivity contribution in [1.82, 2.24) is 5.32 Å². The lowest BCUT2D eigenvalue weighted by Gasteiger charge is -2.34. The van der Waals surface area contributed by atoms with Gasteiger partial charge in [-0.1, -0.05) is 46.9 Å². The lowest BCUT2D eigenvalue weighted by atomic mass is 9.87. The van der Waals surface area contributed by atoms with Crippen LogP contribution in [0.15, 0.2) is 22.7 Å². The molecule has 1 rings (SSSR count). The predicted molar refractivity (Wildman–Crippen MR) is 102 cm³/mol. The molecule has 0 spiro atoms. The fourth-order valence-corrected chi connectivity index (χ4v) is 3.31. The highest BCUT2D eigenvalue weighted by Gasteiger charge is 2.32. The van der Waals surface area contributed by atoms with Crippen LogP contribution < -0.4 is 5.32 Å². The van der Waals surface area contributed by atoms with Crippen LogP contribution in [0.4, 0.5) is 4.79 Å². The van der Waals surface area contributed by atoms with Crippen molar-refractivity contribution in [2.45, 2.75) is 64.5 Å². The van der Waals surface area contributed by atoms with Crippen molar-refractivity contribution in [1.29, 1.82) is 0 Å². The maximum absolute atomic E-state index is 12.2. The molecule has 0 aliphatic heterocycles. The van der Waals surface area contributed by atoms with Gasteiger partial charge in [0.05, 0.1) is 12.1 Å². The Morgan fingerprint density at radius 2 is 2.00 bits per heavy atom. The number of carbonyl (C=O) groups is 1. The van der Waals surface area contributed by atoms with Crippen LogP contribution >= 0.6 is 27.5 Å². The first-order chi connectivity index (χ1) is 11.1. The molecule has 0 fully saturated rings. The molecule has 1 amide bonds. The summed E-state index contributed by atoms with van der Waals surface area (Å²) in [6.07, 6.45) is 2.23. The molecule has 1 aromatic rings. The Hall–Kier alpha value is -0.780. The van der Waals surface area contributed by atoms with Crippen molar-refractivity contribution in [3.8, 4) is 0 Å². The van der Waals surface area contributed by atoms with E-state index >= 15 is 0 Å². The van der Waals surface area contributed by atoms with E-state index < -0.39 is 17.2 Å². The molecule has 1 atom stereocenters. The van der Waals surface area contributed by atoms with Crippen molar-refractivity contribution in [2.75, 3.05) is 6.61 Å². The maximum Gasteiger partial charge on any atom is 0.408 e. The van der Waals surface area contributed by atoms with E-state index in [0.29, 0.717) is 24.3 Å². The number of hydrogen-bond acceptors (Lipinski definition) is 3. The first-order valence-corrected chi connectivity index (χ1v) is 9.34. The topological polar surface area (TPSA) is 58.6 Å². The number of halogens is 2. The number of amides is 1. The summed E-state index contributed by atoms with van der Waals surface area (Å²) in [5.41, 5.74) is -0.306. The molecule has 0 saturated heterocycles. The molecule has 0 unspecified atom stereocenters. The van der Waals surface area contributed by atoms with Crippen molar-refractivity contribution in [3.63, 3.8) is 0 Å². The normalized spacial score (nSPS) is 14.1. The van der Waals surface area contributed by atoms with Crippen LogP contribution in [-0.2, 0) is 11.2 Å². The van der Waals surface area contributed by atoms with E-state index in [1.807, 2.05) is 45.9 Å². The molecule has 1 aromatic carbocycles. The molecule has 0 heterocycles. The smallest absolute Gasteiger partial charge is 0.408 e. The average molecular weight is 421 g/mol. The molecule has 4 nitrogen and oxygen atoms in total. The van der Waals surface area contributed by atoms with Gasteiger partial charge >= 0.3 is 6.09 Å². The number of ether oxygens (including phenoxy) is 1. The van der Waals surface area contributed by atoms with Gasteiger partial charge in [-0.25, -0.2) is 4.79 Å². The van der Waals surface area contributed by atoms with Crippen LogP contribution in [0, 0.1) is 0 Å². The molecule has 0 aliphatic carbocycles. The summed E-state index contributed by atoms with van der Waals surface area (Å²) < 4.78 is 6.26. The number of aryl methyl sites for hydroxylation is 1. The summed E-state index contributed by atoms with van der Waals surface area (Å²) in [6, 6.07) is 5.73. The fourth-order valence-electron chi connectivity index (χ4n) is 2.54. The third-order valence-electron chi connectivity index (χ3n) is 3.69. The van der Waals surface area contributed by atoms with E-state index in [9.17, 15) is 9.90 Å². The van der Waals surface area contributed by atoms with Gasteiger partial charge in [-0.3, -0.25) is 0 Å². The molecule has 0 radical (unpaired) electrons. The van der Waals surface area contributed by atoms with Crippen molar-refractivity contribution in [3.05, 3.63) is 33.3 Å². The average Bonchev–Trinajstić information content (AvgIpc) is 2.44.